The van der Waals surface area contributed by atoms with Crippen molar-refractivity contribution in [3.63, 3.8) is 0 Å². The third-order valence-corrected chi connectivity index (χ3v) is 4.29. The zero-order valence-electron chi connectivity index (χ0n) is 12.5. The highest BCUT2D eigenvalue weighted by Crippen LogP contribution is 2.35. The van der Waals surface area contributed by atoms with Crippen molar-refractivity contribution in [2.45, 2.75) is 18.4 Å². The molecular formula is C16H24ClNO3. The number of halogens is 1. The van der Waals surface area contributed by atoms with E-state index < -0.39 is 5.60 Å². The van der Waals surface area contributed by atoms with E-state index in [0.717, 1.165) is 31.5 Å². The van der Waals surface area contributed by atoms with Crippen molar-refractivity contribution in [3.8, 4) is 0 Å². The van der Waals surface area contributed by atoms with Gasteiger partial charge in [0.25, 0.3) is 0 Å². The van der Waals surface area contributed by atoms with Gasteiger partial charge in [-0.15, -0.1) is 0 Å². The van der Waals surface area contributed by atoms with Crippen LogP contribution in [0.4, 0.5) is 0 Å². The number of methoxy groups -OCH3 is 1. The van der Waals surface area contributed by atoms with Gasteiger partial charge in [0.2, 0.25) is 0 Å². The number of rotatable bonds is 7. The Morgan fingerprint density at radius 1 is 1.43 bits per heavy atom. The second kappa shape index (κ2) is 8.11. The molecule has 1 aliphatic rings. The van der Waals surface area contributed by atoms with Crippen LogP contribution in [0.3, 0.4) is 0 Å². The quantitative estimate of drug-likeness (QED) is 0.758. The number of piperidine rings is 1. The van der Waals surface area contributed by atoms with E-state index in [1.807, 2.05) is 24.3 Å². The maximum atomic E-state index is 11.3. The third-order valence-electron chi connectivity index (χ3n) is 4.05. The Hall–Kier alpha value is -0.650. The van der Waals surface area contributed by atoms with Gasteiger partial charge in [-0.25, -0.2) is 0 Å². The van der Waals surface area contributed by atoms with Crippen molar-refractivity contribution in [3.05, 3.63) is 34.9 Å². The summed E-state index contributed by atoms with van der Waals surface area (Å²) in [5.74, 6) is 0.118. The van der Waals surface area contributed by atoms with Crippen molar-refractivity contribution in [1.29, 1.82) is 0 Å². The largest absolute Gasteiger partial charge is 0.382 e. The van der Waals surface area contributed by atoms with Crippen LogP contribution in [0.5, 0.6) is 0 Å². The molecule has 2 N–H and O–H groups in total. The number of nitrogens with one attached hydrogen (secondary N) is 1. The van der Waals surface area contributed by atoms with E-state index >= 15 is 0 Å². The SMILES string of the molecule is COCCOCC(O)(c1cccc(Cl)c1)[C@@H]1CCCNC1. The molecule has 1 saturated heterocycles. The van der Waals surface area contributed by atoms with E-state index in [9.17, 15) is 5.11 Å². The second-order valence-corrected chi connectivity index (χ2v) is 5.96. The van der Waals surface area contributed by atoms with Crippen LogP contribution >= 0.6 is 11.6 Å². The summed E-state index contributed by atoms with van der Waals surface area (Å²) in [7, 11) is 1.64. The van der Waals surface area contributed by atoms with Gasteiger partial charge >= 0.3 is 0 Å². The lowest BCUT2D eigenvalue weighted by molar-refractivity contribution is -0.101. The maximum absolute atomic E-state index is 11.3. The van der Waals surface area contributed by atoms with E-state index in [1.165, 1.54) is 0 Å². The van der Waals surface area contributed by atoms with Crippen molar-refractivity contribution < 1.29 is 14.6 Å². The van der Waals surface area contributed by atoms with Crippen LogP contribution in [-0.4, -0.2) is 45.1 Å². The molecule has 0 aliphatic carbocycles. The lowest BCUT2D eigenvalue weighted by Gasteiger charge is -2.39. The minimum Gasteiger partial charge on any atom is -0.382 e. The molecule has 0 radical (unpaired) electrons. The average molecular weight is 314 g/mol. The zero-order chi connectivity index (χ0) is 15.1. The average Bonchev–Trinajstić information content (AvgIpc) is 2.52. The van der Waals surface area contributed by atoms with Crippen LogP contribution in [-0.2, 0) is 15.1 Å². The lowest BCUT2D eigenvalue weighted by Crippen LogP contribution is -2.47. The summed E-state index contributed by atoms with van der Waals surface area (Å²) in [5.41, 5.74) is -0.201. The molecule has 1 aromatic rings. The van der Waals surface area contributed by atoms with E-state index in [1.54, 1.807) is 7.11 Å². The standard InChI is InChI=1S/C16H24ClNO3/c1-20-8-9-21-12-16(19,14-5-3-7-18-11-14)13-4-2-6-15(17)10-13/h2,4,6,10,14,18-19H,3,5,7-9,11-12H2,1H3/t14-,16?/m1/s1. The Morgan fingerprint density at radius 3 is 2.95 bits per heavy atom. The second-order valence-electron chi connectivity index (χ2n) is 5.52. The Bertz CT molecular complexity index is 437. The highest BCUT2D eigenvalue weighted by atomic mass is 35.5. The molecule has 1 aliphatic heterocycles. The summed E-state index contributed by atoms with van der Waals surface area (Å²) in [6, 6.07) is 7.43. The summed E-state index contributed by atoms with van der Waals surface area (Å²) in [4.78, 5) is 0. The number of hydrogen-bond donors (Lipinski definition) is 2. The Kier molecular flexibility index (Phi) is 6.45. The predicted molar refractivity (Wildman–Crippen MR) is 83.6 cm³/mol. The van der Waals surface area contributed by atoms with Gasteiger partial charge < -0.3 is 19.9 Å². The fourth-order valence-corrected chi connectivity index (χ4v) is 3.01. The molecule has 0 aromatic heterocycles. The van der Waals surface area contributed by atoms with Gasteiger partial charge in [0, 0.05) is 24.6 Å². The maximum Gasteiger partial charge on any atom is 0.117 e. The number of aliphatic hydroxyl groups is 1. The van der Waals surface area contributed by atoms with Crippen LogP contribution in [0.25, 0.3) is 0 Å². The molecule has 1 heterocycles. The highest BCUT2D eigenvalue weighted by Gasteiger charge is 2.39. The van der Waals surface area contributed by atoms with E-state index in [-0.39, 0.29) is 12.5 Å². The number of hydrogen-bond acceptors (Lipinski definition) is 4. The normalized spacial score (nSPS) is 22.0. The Labute approximate surface area is 131 Å². The summed E-state index contributed by atoms with van der Waals surface area (Å²) in [6.45, 7) is 3.04. The molecule has 0 saturated carbocycles. The summed E-state index contributed by atoms with van der Waals surface area (Å²) < 4.78 is 10.6. The lowest BCUT2D eigenvalue weighted by atomic mass is 9.78. The molecule has 118 valence electrons. The highest BCUT2D eigenvalue weighted by molar-refractivity contribution is 6.30. The first-order valence-corrected chi connectivity index (χ1v) is 7.80. The monoisotopic (exact) mass is 313 g/mol. The molecule has 2 atom stereocenters. The van der Waals surface area contributed by atoms with Gasteiger partial charge in [-0.05, 0) is 37.1 Å². The van der Waals surface area contributed by atoms with Crippen LogP contribution in [0.1, 0.15) is 18.4 Å². The first kappa shape index (κ1) is 16.7. The van der Waals surface area contributed by atoms with Gasteiger partial charge in [-0.1, -0.05) is 23.7 Å². The number of benzene rings is 1. The topological polar surface area (TPSA) is 50.7 Å². The van der Waals surface area contributed by atoms with Gasteiger partial charge in [0.15, 0.2) is 0 Å². The molecule has 4 nitrogen and oxygen atoms in total. The molecule has 5 heteroatoms. The van der Waals surface area contributed by atoms with Gasteiger partial charge in [-0.3, -0.25) is 0 Å². The van der Waals surface area contributed by atoms with Crippen LogP contribution < -0.4 is 5.32 Å². The Balaban J connectivity index is 2.15. The Morgan fingerprint density at radius 2 is 2.29 bits per heavy atom. The molecule has 1 unspecified atom stereocenters. The van der Waals surface area contributed by atoms with E-state index in [2.05, 4.69) is 5.32 Å². The van der Waals surface area contributed by atoms with Crippen LogP contribution in [0, 0.1) is 5.92 Å². The predicted octanol–water partition coefficient (Wildman–Crippen LogP) is 2.19. The molecular weight excluding hydrogens is 290 g/mol. The summed E-state index contributed by atoms with van der Waals surface area (Å²) in [5, 5.41) is 15.3. The number of ether oxygens (including phenoxy) is 2. The fraction of sp³-hybridized carbons (Fsp3) is 0.625. The fourth-order valence-electron chi connectivity index (χ4n) is 2.82. The molecule has 1 aromatic carbocycles. The van der Waals surface area contributed by atoms with Crippen LogP contribution in [0.2, 0.25) is 5.02 Å². The van der Waals surface area contributed by atoms with Crippen LogP contribution in [0.15, 0.2) is 24.3 Å². The molecule has 21 heavy (non-hydrogen) atoms. The first-order chi connectivity index (χ1) is 10.2. The van der Waals surface area contributed by atoms with Gasteiger partial charge in [0.1, 0.15) is 5.60 Å². The third kappa shape index (κ3) is 4.41. The van der Waals surface area contributed by atoms with Crippen molar-refractivity contribution in [2.24, 2.45) is 5.92 Å². The molecule has 0 amide bonds. The zero-order valence-corrected chi connectivity index (χ0v) is 13.2. The molecule has 2 rings (SSSR count). The van der Waals surface area contributed by atoms with E-state index in [0.29, 0.717) is 18.2 Å². The molecule has 0 spiro atoms. The minimum atomic E-state index is -1.02. The summed E-state index contributed by atoms with van der Waals surface area (Å²) in [6.07, 6.45) is 2.04. The van der Waals surface area contributed by atoms with E-state index in [4.69, 9.17) is 21.1 Å². The van der Waals surface area contributed by atoms with Crippen molar-refractivity contribution >= 4 is 11.6 Å². The van der Waals surface area contributed by atoms with Crippen molar-refractivity contribution in [2.75, 3.05) is 40.0 Å². The minimum absolute atomic E-state index is 0.118. The van der Waals surface area contributed by atoms with Gasteiger partial charge in [-0.2, -0.15) is 0 Å². The van der Waals surface area contributed by atoms with Crippen molar-refractivity contribution in [1.82, 2.24) is 5.32 Å². The van der Waals surface area contributed by atoms with Gasteiger partial charge in [0.05, 0.1) is 19.8 Å². The summed E-state index contributed by atoms with van der Waals surface area (Å²) >= 11 is 6.09. The molecule has 1 fully saturated rings. The smallest absolute Gasteiger partial charge is 0.117 e. The first-order valence-electron chi connectivity index (χ1n) is 7.42. The molecule has 0 bridgehead atoms.